The summed E-state index contributed by atoms with van der Waals surface area (Å²) in [6.45, 7) is 2.69. The number of methoxy groups -OCH3 is 2. The van der Waals surface area contributed by atoms with Gasteiger partial charge in [0.05, 0.1) is 19.3 Å². The Kier molecular flexibility index (Phi) is 4.27. The van der Waals surface area contributed by atoms with Crippen LogP contribution in [0.4, 0.5) is 11.4 Å². The fourth-order valence-electron chi connectivity index (χ4n) is 2.47. The molecule has 5 nitrogen and oxygen atoms in total. The molecule has 104 valence electrons. The summed E-state index contributed by atoms with van der Waals surface area (Å²) in [5, 5.41) is 0. The number of anilines is 2. The first-order valence-electron chi connectivity index (χ1n) is 6.37. The maximum absolute atomic E-state index is 11.6. The molecule has 0 aliphatic carbocycles. The lowest BCUT2D eigenvalue weighted by Crippen LogP contribution is -2.21. The van der Waals surface area contributed by atoms with Crippen LogP contribution in [0.2, 0.25) is 0 Å². The third-order valence-corrected chi connectivity index (χ3v) is 3.50. The Bertz CT molecular complexity index is 462. The first-order chi connectivity index (χ1) is 9.15. The van der Waals surface area contributed by atoms with Crippen LogP contribution in [-0.4, -0.2) is 39.9 Å². The molecule has 1 aliphatic rings. The van der Waals surface area contributed by atoms with E-state index in [9.17, 15) is 4.79 Å². The minimum atomic E-state index is -0.396. The predicted octanol–water partition coefficient (Wildman–Crippen LogP) is 1.53. The SMILES string of the molecule is COCC1CCN(c2ccc(N)c(C(=O)OC)c2)C1. The van der Waals surface area contributed by atoms with Crippen molar-refractivity contribution in [1.82, 2.24) is 0 Å². The summed E-state index contributed by atoms with van der Waals surface area (Å²) in [6.07, 6.45) is 1.10. The van der Waals surface area contributed by atoms with Crippen molar-refractivity contribution in [3.05, 3.63) is 23.8 Å². The lowest BCUT2D eigenvalue weighted by molar-refractivity contribution is 0.0602. The third-order valence-electron chi connectivity index (χ3n) is 3.50. The van der Waals surface area contributed by atoms with E-state index < -0.39 is 5.97 Å². The van der Waals surface area contributed by atoms with Gasteiger partial charge in [0.25, 0.3) is 0 Å². The number of hydrogen-bond donors (Lipinski definition) is 1. The van der Waals surface area contributed by atoms with Gasteiger partial charge in [-0.15, -0.1) is 0 Å². The molecule has 19 heavy (non-hydrogen) atoms. The highest BCUT2D eigenvalue weighted by Gasteiger charge is 2.23. The number of nitrogens with two attached hydrogens (primary N) is 1. The first-order valence-corrected chi connectivity index (χ1v) is 6.37. The van der Waals surface area contributed by atoms with Crippen LogP contribution in [0.1, 0.15) is 16.8 Å². The Balaban J connectivity index is 2.15. The topological polar surface area (TPSA) is 64.8 Å². The Morgan fingerprint density at radius 3 is 2.95 bits per heavy atom. The van der Waals surface area contributed by atoms with E-state index in [1.165, 1.54) is 7.11 Å². The molecule has 1 aliphatic heterocycles. The highest BCUT2D eigenvalue weighted by molar-refractivity contribution is 5.96. The van der Waals surface area contributed by atoms with Gasteiger partial charge in [0.15, 0.2) is 0 Å². The quantitative estimate of drug-likeness (QED) is 0.660. The molecule has 1 fully saturated rings. The van der Waals surface area contributed by atoms with Gasteiger partial charge < -0.3 is 20.1 Å². The summed E-state index contributed by atoms with van der Waals surface area (Å²) in [6, 6.07) is 5.50. The molecule has 1 aromatic rings. The number of nitrogen functional groups attached to an aromatic ring is 1. The Hall–Kier alpha value is -1.75. The second kappa shape index (κ2) is 5.93. The predicted molar refractivity (Wildman–Crippen MR) is 74.4 cm³/mol. The van der Waals surface area contributed by atoms with Crippen molar-refractivity contribution in [2.75, 3.05) is 44.5 Å². The van der Waals surface area contributed by atoms with Gasteiger partial charge in [0.2, 0.25) is 0 Å². The molecule has 0 spiro atoms. The third kappa shape index (κ3) is 2.98. The summed E-state index contributed by atoms with van der Waals surface area (Å²) in [4.78, 5) is 13.9. The van der Waals surface area contributed by atoms with Gasteiger partial charge in [0, 0.05) is 37.5 Å². The smallest absolute Gasteiger partial charge is 0.340 e. The van der Waals surface area contributed by atoms with Crippen LogP contribution < -0.4 is 10.6 Å². The number of hydrogen-bond acceptors (Lipinski definition) is 5. The van der Waals surface area contributed by atoms with E-state index in [4.69, 9.17) is 15.2 Å². The van der Waals surface area contributed by atoms with E-state index in [0.717, 1.165) is 31.8 Å². The fraction of sp³-hybridized carbons (Fsp3) is 0.500. The molecule has 1 saturated heterocycles. The first kappa shape index (κ1) is 13.7. The van der Waals surface area contributed by atoms with E-state index >= 15 is 0 Å². The number of esters is 1. The van der Waals surface area contributed by atoms with E-state index in [2.05, 4.69) is 4.90 Å². The summed E-state index contributed by atoms with van der Waals surface area (Å²) in [5.74, 6) is 0.149. The van der Waals surface area contributed by atoms with Crippen LogP contribution in [0.15, 0.2) is 18.2 Å². The standard InChI is InChI=1S/C14H20N2O3/c1-18-9-10-5-6-16(8-10)11-3-4-13(15)12(7-11)14(17)19-2/h3-4,7,10H,5-6,8-9,15H2,1-2H3. The second-order valence-corrected chi connectivity index (χ2v) is 4.82. The normalized spacial score (nSPS) is 18.6. The van der Waals surface area contributed by atoms with Crippen molar-refractivity contribution in [2.24, 2.45) is 5.92 Å². The molecule has 2 N–H and O–H groups in total. The fourth-order valence-corrected chi connectivity index (χ4v) is 2.47. The molecule has 0 amide bonds. The number of carbonyl (C=O) groups is 1. The van der Waals surface area contributed by atoms with E-state index in [-0.39, 0.29) is 0 Å². The highest BCUT2D eigenvalue weighted by atomic mass is 16.5. The lowest BCUT2D eigenvalue weighted by Gasteiger charge is -2.19. The van der Waals surface area contributed by atoms with Crippen molar-refractivity contribution < 1.29 is 14.3 Å². The minimum Gasteiger partial charge on any atom is -0.465 e. The number of benzene rings is 1. The van der Waals surface area contributed by atoms with E-state index in [0.29, 0.717) is 17.2 Å². The Morgan fingerprint density at radius 2 is 2.26 bits per heavy atom. The maximum Gasteiger partial charge on any atom is 0.340 e. The van der Waals surface area contributed by atoms with E-state index in [1.807, 2.05) is 6.07 Å². The van der Waals surface area contributed by atoms with Crippen LogP contribution >= 0.6 is 0 Å². The second-order valence-electron chi connectivity index (χ2n) is 4.82. The monoisotopic (exact) mass is 264 g/mol. The van der Waals surface area contributed by atoms with Crippen molar-refractivity contribution >= 4 is 17.3 Å². The number of ether oxygens (including phenoxy) is 2. The molecule has 1 aromatic carbocycles. The zero-order valence-corrected chi connectivity index (χ0v) is 11.4. The number of rotatable bonds is 4. The molecule has 1 atom stereocenters. The van der Waals surface area contributed by atoms with Crippen molar-refractivity contribution in [2.45, 2.75) is 6.42 Å². The highest BCUT2D eigenvalue weighted by Crippen LogP contribution is 2.27. The maximum atomic E-state index is 11.6. The average molecular weight is 264 g/mol. The van der Waals surface area contributed by atoms with Gasteiger partial charge >= 0.3 is 5.97 Å². The van der Waals surface area contributed by atoms with Crippen LogP contribution in [0.25, 0.3) is 0 Å². The lowest BCUT2D eigenvalue weighted by atomic mass is 10.1. The molecule has 1 heterocycles. The van der Waals surface area contributed by atoms with Gasteiger partial charge in [0.1, 0.15) is 0 Å². The van der Waals surface area contributed by atoms with Crippen LogP contribution in [0.5, 0.6) is 0 Å². The van der Waals surface area contributed by atoms with Gasteiger partial charge in [-0.3, -0.25) is 0 Å². The molecule has 0 saturated carbocycles. The zero-order valence-electron chi connectivity index (χ0n) is 11.4. The molecule has 0 aromatic heterocycles. The summed E-state index contributed by atoms with van der Waals surface area (Å²) >= 11 is 0. The molecule has 2 rings (SSSR count). The molecule has 0 radical (unpaired) electrons. The largest absolute Gasteiger partial charge is 0.465 e. The van der Waals surface area contributed by atoms with Crippen molar-refractivity contribution in [1.29, 1.82) is 0 Å². The number of carbonyl (C=O) groups excluding carboxylic acids is 1. The van der Waals surface area contributed by atoms with Crippen molar-refractivity contribution in [3.8, 4) is 0 Å². The molecule has 0 bridgehead atoms. The zero-order chi connectivity index (χ0) is 13.8. The summed E-state index contributed by atoms with van der Waals surface area (Å²) < 4.78 is 9.92. The Labute approximate surface area is 113 Å². The molecular formula is C14H20N2O3. The van der Waals surface area contributed by atoms with Crippen LogP contribution in [-0.2, 0) is 9.47 Å². The van der Waals surface area contributed by atoms with Crippen LogP contribution in [0, 0.1) is 5.92 Å². The average Bonchev–Trinajstić information content (AvgIpc) is 2.87. The number of nitrogens with zero attached hydrogens (tertiary/aromatic N) is 1. The summed E-state index contributed by atoms with van der Waals surface area (Å²) in [7, 11) is 3.08. The van der Waals surface area contributed by atoms with E-state index in [1.54, 1.807) is 19.2 Å². The van der Waals surface area contributed by atoms with Gasteiger partial charge in [-0.1, -0.05) is 0 Å². The minimum absolute atomic E-state index is 0.396. The van der Waals surface area contributed by atoms with Gasteiger partial charge in [-0.25, -0.2) is 4.79 Å². The van der Waals surface area contributed by atoms with Gasteiger partial charge in [-0.05, 0) is 24.6 Å². The summed E-state index contributed by atoms with van der Waals surface area (Å²) in [5.41, 5.74) is 7.68. The van der Waals surface area contributed by atoms with Crippen molar-refractivity contribution in [3.63, 3.8) is 0 Å². The van der Waals surface area contributed by atoms with Gasteiger partial charge in [-0.2, -0.15) is 0 Å². The Morgan fingerprint density at radius 1 is 1.47 bits per heavy atom. The molecular weight excluding hydrogens is 244 g/mol. The van der Waals surface area contributed by atoms with Crippen LogP contribution in [0.3, 0.4) is 0 Å². The molecule has 5 heteroatoms. The molecule has 1 unspecified atom stereocenters.